The number of hydrogen-bond donors (Lipinski definition) is 1. The number of nitrogens with zero attached hydrogens (tertiary/aromatic N) is 2. The van der Waals surface area contributed by atoms with Crippen molar-refractivity contribution in [2.45, 2.75) is 37.0 Å². The molecule has 1 N–H and O–H groups in total. The summed E-state index contributed by atoms with van der Waals surface area (Å²) in [5.41, 5.74) is 0.962. The highest BCUT2D eigenvalue weighted by Crippen LogP contribution is 2.32. The molecule has 1 unspecified atom stereocenters. The van der Waals surface area contributed by atoms with Gasteiger partial charge in [0.15, 0.2) is 0 Å². The fourth-order valence-corrected chi connectivity index (χ4v) is 2.60. The maximum absolute atomic E-state index is 9.00. The third-order valence-corrected chi connectivity index (χ3v) is 3.35. The lowest BCUT2D eigenvalue weighted by Gasteiger charge is -2.14. The van der Waals surface area contributed by atoms with Crippen LogP contribution in [0.5, 0.6) is 0 Å². The van der Waals surface area contributed by atoms with Gasteiger partial charge in [-0.15, -0.1) is 11.8 Å². The van der Waals surface area contributed by atoms with E-state index in [9.17, 15) is 0 Å². The van der Waals surface area contributed by atoms with Gasteiger partial charge in [0.1, 0.15) is 16.5 Å². The number of rotatable bonds is 4. The topological polar surface area (TPSA) is 46.0 Å². The normalized spacial score (nSPS) is 13.2. The molecule has 0 bridgehead atoms. The lowest BCUT2D eigenvalue weighted by molar-refractivity contribution is 0.300. The molecule has 84 valence electrons. The summed E-state index contributed by atoms with van der Waals surface area (Å²) in [6.07, 6.45) is 1.46. The minimum absolute atomic E-state index is 0.119. The van der Waals surface area contributed by atoms with Gasteiger partial charge < -0.3 is 5.11 Å². The van der Waals surface area contributed by atoms with Crippen molar-refractivity contribution < 1.29 is 5.11 Å². The Balaban J connectivity index is 3.00. The SMILES string of the molecule is CC(CO)Sc1ncnc(Cl)c1C(C)C. The fourth-order valence-electron chi connectivity index (χ4n) is 1.17. The number of aliphatic hydroxyl groups is 1. The monoisotopic (exact) mass is 246 g/mol. The summed E-state index contributed by atoms with van der Waals surface area (Å²) in [5.74, 6) is 0.284. The van der Waals surface area contributed by atoms with Crippen molar-refractivity contribution in [1.29, 1.82) is 0 Å². The van der Waals surface area contributed by atoms with Crippen molar-refractivity contribution in [3.63, 3.8) is 0 Å². The van der Waals surface area contributed by atoms with Gasteiger partial charge in [0.2, 0.25) is 0 Å². The van der Waals surface area contributed by atoms with Gasteiger partial charge in [-0.3, -0.25) is 0 Å². The molecule has 15 heavy (non-hydrogen) atoms. The summed E-state index contributed by atoms with van der Waals surface area (Å²) >= 11 is 7.55. The highest BCUT2D eigenvalue weighted by molar-refractivity contribution is 7.99. The highest BCUT2D eigenvalue weighted by Gasteiger charge is 2.15. The average Bonchev–Trinajstić information content (AvgIpc) is 2.17. The van der Waals surface area contributed by atoms with E-state index >= 15 is 0 Å². The van der Waals surface area contributed by atoms with Crippen LogP contribution in [0.15, 0.2) is 11.4 Å². The first kappa shape index (κ1) is 12.7. The summed E-state index contributed by atoms with van der Waals surface area (Å²) < 4.78 is 0. The minimum Gasteiger partial charge on any atom is -0.395 e. The zero-order valence-corrected chi connectivity index (χ0v) is 10.6. The highest BCUT2D eigenvalue weighted by atomic mass is 35.5. The molecular weight excluding hydrogens is 232 g/mol. The predicted octanol–water partition coefficient (Wildman–Crippen LogP) is 2.73. The second-order valence-corrected chi connectivity index (χ2v) is 5.43. The smallest absolute Gasteiger partial charge is 0.137 e. The van der Waals surface area contributed by atoms with Crippen LogP contribution in [0.4, 0.5) is 0 Å². The van der Waals surface area contributed by atoms with E-state index in [1.807, 2.05) is 6.92 Å². The molecule has 0 fully saturated rings. The Hall–Kier alpha value is -0.320. The van der Waals surface area contributed by atoms with Gasteiger partial charge in [-0.25, -0.2) is 9.97 Å². The van der Waals surface area contributed by atoms with Crippen molar-refractivity contribution in [3.8, 4) is 0 Å². The summed E-state index contributed by atoms with van der Waals surface area (Å²) in [4.78, 5) is 8.18. The van der Waals surface area contributed by atoms with Crippen LogP contribution in [0, 0.1) is 0 Å². The van der Waals surface area contributed by atoms with E-state index in [2.05, 4.69) is 23.8 Å². The second-order valence-electron chi connectivity index (χ2n) is 3.65. The maximum atomic E-state index is 9.00. The molecule has 0 aliphatic heterocycles. The maximum Gasteiger partial charge on any atom is 0.137 e. The molecule has 1 aromatic rings. The van der Waals surface area contributed by atoms with Crippen LogP contribution >= 0.6 is 23.4 Å². The lowest BCUT2D eigenvalue weighted by atomic mass is 10.1. The molecule has 1 atom stereocenters. The Morgan fingerprint density at radius 1 is 1.40 bits per heavy atom. The van der Waals surface area contributed by atoms with Crippen LogP contribution in [-0.4, -0.2) is 26.9 Å². The van der Waals surface area contributed by atoms with E-state index in [4.69, 9.17) is 16.7 Å². The van der Waals surface area contributed by atoms with E-state index in [-0.39, 0.29) is 17.8 Å². The minimum atomic E-state index is 0.119. The van der Waals surface area contributed by atoms with Gasteiger partial charge in [0.05, 0.1) is 6.61 Å². The first-order valence-corrected chi connectivity index (χ1v) is 6.10. The van der Waals surface area contributed by atoms with Crippen LogP contribution < -0.4 is 0 Å². The quantitative estimate of drug-likeness (QED) is 0.656. The lowest BCUT2D eigenvalue weighted by Crippen LogP contribution is -2.05. The van der Waals surface area contributed by atoms with Crippen LogP contribution in [0.2, 0.25) is 5.15 Å². The molecule has 1 aromatic heterocycles. The number of aliphatic hydroxyl groups excluding tert-OH is 1. The Bertz CT molecular complexity index is 333. The Morgan fingerprint density at radius 2 is 2.07 bits per heavy atom. The Morgan fingerprint density at radius 3 is 2.60 bits per heavy atom. The van der Waals surface area contributed by atoms with Gasteiger partial charge in [-0.1, -0.05) is 32.4 Å². The van der Waals surface area contributed by atoms with Gasteiger partial charge in [0, 0.05) is 10.8 Å². The third kappa shape index (κ3) is 3.33. The summed E-state index contributed by atoms with van der Waals surface area (Å²) in [5, 5.41) is 10.5. The van der Waals surface area contributed by atoms with Crippen LogP contribution in [0.1, 0.15) is 32.3 Å². The number of thioether (sulfide) groups is 1. The third-order valence-electron chi connectivity index (χ3n) is 1.95. The van der Waals surface area contributed by atoms with E-state index in [1.165, 1.54) is 18.1 Å². The van der Waals surface area contributed by atoms with E-state index in [1.54, 1.807) is 0 Å². The molecule has 1 rings (SSSR count). The molecule has 1 heterocycles. The molecule has 5 heteroatoms. The Labute approximate surface area is 99.3 Å². The molecule has 0 aromatic carbocycles. The molecule has 0 saturated heterocycles. The van der Waals surface area contributed by atoms with Gasteiger partial charge in [0.25, 0.3) is 0 Å². The molecule has 0 radical (unpaired) electrons. The summed E-state index contributed by atoms with van der Waals surface area (Å²) in [6, 6.07) is 0. The van der Waals surface area contributed by atoms with Gasteiger partial charge >= 0.3 is 0 Å². The molecule has 0 amide bonds. The Kier molecular flexibility index (Phi) is 4.83. The number of halogens is 1. The standard InChI is InChI=1S/C10H15ClN2OS/c1-6(2)8-9(11)12-5-13-10(8)15-7(3)4-14/h5-7,14H,4H2,1-3H3. The van der Waals surface area contributed by atoms with Crippen molar-refractivity contribution in [2.75, 3.05) is 6.61 Å². The average molecular weight is 247 g/mol. The van der Waals surface area contributed by atoms with Crippen molar-refractivity contribution in [2.24, 2.45) is 0 Å². The van der Waals surface area contributed by atoms with Crippen LogP contribution in [0.25, 0.3) is 0 Å². The van der Waals surface area contributed by atoms with Crippen LogP contribution in [-0.2, 0) is 0 Å². The first-order chi connectivity index (χ1) is 7.06. The van der Waals surface area contributed by atoms with E-state index in [0.29, 0.717) is 5.15 Å². The van der Waals surface area contributed by atoms with Crippen molar-refractivity contribution >= 4 is 23.4 Å². The van der Waals surface area contributed by atoms with Crippen LogP contribution in [0.3, 0.4) is 0 Å². The summed E-state index contributed by atoms with van der Waals surface area (Å²) in [7, 11) is 0. The first-order valence-electron chi connectivity index (χ1n) is 4.84. The van der Waals surface area contributed by atoms with Crippen molar-refractivity contribution in [1.82, 2.24) is 9.97 Å². The largest absolute Gasteiger partial charge is 0.395 e. The molecule has 0 aliphatic rings. The molecule has 3 nitrogen and oxygen atoms in total. The molecular formula is C10H15ClN2OS. The predicted molar refractivity (Wildman–Crippen MR) is 63.5 cm³/mol. The van der Waals surface area contributed by atoms with E-state index < -0.39 is 0 Å². The second kappa shape index (κ2) is 5.68. The van der Waals surface area contributed by atoms with Gasteiger partial charge in [-0.2, -0.15) is 0 Å². The van der Waals surface area contributed by atoms with E-state index in [0.717, 1.165) is 10.6 Å². The van der Waals surface area contributed by atoms with Crippen molar-refractivity contribution in [3.05, 3.63) is 17.0 Å². The zero-order chi connectivity index (χ0) is 11.4. The summed E-state index contributed by atoms with van der Waals surface area (Å²) in [6.45, 7) is 6.19. The molecule has 0 spiro atoms. The van der Waals surface area contributed by atoms with Gasteiger partial charge in [-0.05, 0) is 5.92 Å². The molecule has 0 saturated carbocycles. The molecule has 0 aliphatic carbocycles. The zero-order valence-electron chi connectivity index (χ0n) is 9.07. The number of hydrogen-bond acceptors (Lipinski definition) is 4. The number of aromatic nitrogens is 2. The fraction of sp³-hybridized carbons (Fsp3) is 0.600.